The highest BCUT2D eigenvalue weighted by molar-refractivity contribution is 7.86. The van der Waals surface area contributed by atoms with E-state index in [9.17, 15) is 13.0 Å². The number of unbranched alkanes of at least 4 members (excludes halogenated alkanes) is 22. The molecule has 2 aromatic carbocycles. The van der Waals surface area contributed by atoms with E-state index in [-0.39, 0.29) is 4.90 Å². The molecule has 0 unspecified atom stereocenters. The van der Waals surface area contributed by atoms with Gasteiger partial charge in [0.2, 0.25) is 0 Å². The summed E-state index contributed by atoms with van der Waals surface area (Å²) in [5.74, 6) is 0. The third-order valence-electron chi connectivity index (χ3n) is 8.99. The Kier molecular flexibility index (Phi) is 20.2. The van der Waals surface area contributed by atoms with Crippen LogP contribution in [0.4, 0.5) is 0 Å². The molecule has 0 amide bonds. The molecular formula is C38H64O3S. The van der Waals surface area contributed by atoms with Gasteiger partial charge in [0.25, 0.3) is 10.1 Å². The van der Waals surface area contributed by atoms with E-state index in [1.807, 2.05) is 18.2 Å². The summed E-state index contributed by atoms with van der Waals surface area (Å²) in [5, 5.41) is 1.57. The lowest BCUT2D eigenvalue weighted by atomic mass is 9.98. The van der Waals surface area contributed by atoms with Crippen LogP contribution in [0.25, 0.3) is 10.8 Å². The maximum absolute atomic E-state index is 12.4. The highest BCUT2D eigenvalue weighted by Gasteiger charge is 2.19. The van der Waals surface area contributed by atoms with Gasteiger partial charge in [0, 0.05) is 5.39 Å². The Labute approximate surface area is 260 Å². The van der Waals surface area contributed by atoms with E-state index >= 15 is 0 Å². The number of aryl methyl sites for hydroxylation is 2. The van der Waals surface area contributed by atoms with Gasteiger partial charge in [-0.3, -0.25) is 4.55 Å². The molecule has 0 aromatic heterocycles. The van der Waals surface area contributed by atoms with Crippen molar-refractivity contribution in [3.8, 4) is 0 Å². The molecule has 0 radical (unpaired) electrons. The molecule has 42 heavy (non-hydrogen) atoms. The Hall–Kier alpha value is -1.39. The Balaban J connectivity index is 1.70. The van der Waals surface area contributed by atoms with E-state index < -0.39 is 10.1 Å². The largest absolute Gasteiger partial charge is 0.295 e. The summed E-state index contributed by atoms with van der Waals surface area (Å²) in [5.41, 5.74) is 2.01. The Morgan fingerprint density at radius 2 is 0.905 bits per heavy atom. The van der Waals surface area contributed by atoms with Crippen LogP contribution >= 0.6 is 0 Å². The molecule has 0 spiro atoms. The maximum atomic E-state index is 12.4. The normalized spacial score (nSPS) is 12.0. The van der Waals surface area contributed by atoms with Gasteiger partial charge in [-0.1, -0.05) is 185 Å². The smallest absolute Gasteiger partial charge is 0.282 e. The summed E-state index contributed by atoms with van der Waals surface area (Å²) in [6.45, 7) is 4.54. The molecule has 2 rings (SSSR count). The zero-order valence-corrected chi connectivity index (χ0v) is 28.3. The van der Waals surface area contributed by atoms with Gasteiger partial charge in [0.05, 0.1) is 0 Å². The van der Waals surface area contributed by atoms with Crippen LogP contribution in [0.1, 0.15) is 179 Å². The molecule has 3 nitrogen and oxygen atoms in total. The van der Waals surface area contributed by atoms with E-state index in [0.717, 1.165) is 30.2 Å². The van der Waals surface area contributed by atoms with Crippen LogP contribution in [0.2, 0.25) is 0 Å². The first-order valence-corrected chi connectivity index (χ1v) is 19.4. The minimum absolute atomic E-state index is 0.125. The summed E-state index contributed by atoms with van der Waals surface area (Å²) in [6, 6.07) is 10.1. The van der Waals surface area contributed by atoms with E-state index in [4.69, 9.17) is 0 Å². The molecule has 0 saturated carbocycles. The van der Waals surface area contributed by atoms with Gasteiger partial charge < -0.3 is 0 Å². The maximum Gasteiger partial charge on any atom is 0.295 e. The quantitative estimate of drug-likeness (QED) is 0.0819. The third-order valence-corrected chi connectivity index (χ3v) is 9.99. The van der Waals surface area contributed by atoms with Crippen molar-refractivity contribution in [1.82, 2.24) is 0 Å². The number of rotatable bonds is 27. The van der Waals surface area contributed by atoms with Gasteiger partial charge in [-0.05, 0) is 42.2 Å². The number of fused-ring (bicyclic) bond motifs is 1. The predicted molar refractivity (Wildman–Crippen MR) is 183 cm³/mol. The molecule has 0 aliphatic rings. The Morgan fingerprint density at radius 3 is 1.33 bits per heavy atom. The van der Waals surface area contributed by atoms with E-state index in [2.05, 4.69) is 26.0 Å². The van der Waals surface area contributed by atoms with Crippen molar-refractivity contribution in [2.75, 3.05) is 0 Å². The fraction of sp³-hybridized carbons (Fsp3) is 0.737. The van der Waals surface area contributed by atoms with Crippen molar-refractivity contribution >= 4 is 20.9 Å². The highest BCUT2D eigenvalue weighted by atomic mass is 32.2. The van der Waals surface area contributed by atoms with Crippen LogP contribution < -0.4 is 0 Å². The average Bonchev–Trinajstić information content (AvgIpc) is 2.97. The van der Waals surface area contributed by atoms with Crippen molar-refractivity contribution in [2.24, 2.45) is 0 Å². The fourth-order valence-electron chi connectivity index (χ4n) is 6.38. The molecule has 0 bridgehead atoms. The Bertz CT molecular complexity index is 1060. The van der Waals surface area contributed by atoms with Crippen molar-refractivity contribution in [3.05, 3.63) is 41.5 Å². The van der Waals surface area contributed by atoms with Gasteiger partial charge in [-0.2, -0.15) is 8.42 Å². The van der Waals surface area contributed by atoms with Crippen molar-refractivity contribution in [3.63, 3.8) is 0 Å². The third kappa shape index (κ3) is 15.9. The lowest BCUT2D eigenvalue weighted by Crippen LogP contribution is -2.05. The van der Waals surface area contributed by atoms with Crippen LogP contribution in [-0.4, -0.2) is 13.0 Å². The van der Waals surface area contributed by atoms with Crippen molar-refractivity contribution in [1.29, 1.82) is 0 Å². The molecule has 0 saturated heterocycles. The highest BCUT2D eigenvalue weighted by Crippen LogP contribution is 2.29. The summed E-state index contributed by atoms with van der Waals surface area (Å²) in [4.78, 5) is 0.125. The minimum atomic E-state index is -4.28. The van der Waals surface area contributed by atoms with E-state index in [1.54, 1.807) is 0 Å². The average molecular weight is 601 g/mol. The van der Waals surface area contributed by atoms with Gasteiger partial charge in [0.1, 0.15) is 4.90 Å². The molecule has 0 aliphatic carbocycles. The lowest BCUT2D eigenvalue weighted by molar-refractivity contribution is 0.482. The molecule has 4 heteroatoms. The summed E-state index contributed by atoms with van der Waals surface area (Å²) >= 11 is 0. The monoisotopic (exact) mass is 600 g/mol. The molecular weight excluding hydrogens is 536 g/mol. The fourth-order valence-corrected chi connectivity index (χ4v) is 7.34. The van der Waals surface area contributed by atoms with Crippen molar-refractivity contribution in [2.45, 2.75) is 186 Å². The first-order chi connectivity index (χ1) is 20.5. The van der Waals surface area contributed by atoms with Crippen LogP contribution in [0.15, 0.2) is 35.2 Å². The Morgan fingerprint density at radius 1 is 0.500 bits per heavy atom. The zero-order valence-electron chi connectivity index (χ0n) is 27.4. The number of benzene rings is 2. The molecule has 0 fully saturated rings. The standard InChI is InChI=1S/C38H64O3S/c1-3-5-7-9-11-13-15-17-19-21-23-25-27-34-29-32-37-36(33-34)31-30-35(38(37)42(39,40)41)28-26-24-22-20-18-16-14-12-10-8-6-4-2/h29-33H,3-28H2,1-2H3,(H,39,40,41). The zero-order chi connectivity index (χ0) is 30.3. The first kappa shape index (κ1) is 36.8. The molecule has 2 aromatic rings. The predicted octanol–water partition coefficient (Wildman–Crippen LogP) is 12.6. The van der Waals surface area contributed by atoms with Crippen LogP contribution in [0.5, 0.6) is 0 Å². The minimum Gasteiger partial charge on any atom is -0.282 e. The molecule has 0 atom stereocenters. The van der Waals surface area contributed by atoms with Crippen LogP contribution in [0.3, 0.4) is 0 Å². The first-order valence-electron chi connectivity index (χ1n) is 18.0. The number of hydrogen-bond donors (Lipinski definition) is 1. The molecule has 1 N–H and O–H groups in total. The summed E-state index contributed by atoms with van der Waals surface area (Å²) < 4.78 is 35.0. The SMILES string of the molecule is CCCCCCCCCCCCCCc1ccc2c(S(=O)(=O)O)c(CCCCCCCCCCCCCC)ccc2c1. The number of hydrogen-bond acceptors (Lipinski definition) is 2. The van der Waals surface area contributed by atoms with Gasteiger partial charge >= 0.3 is 0 Å². The topological polar surface area (TPSA) is 54.4 Å². The summed E-state index contributed by atoms with van der Waals surface area (Å²) in [7, 11) is -4.28. The van der Waals surface area contributed by atoms with E-state index in [1.165, 1.54) is 147 Å². The van der Waals surface area contributed by atoms with Crippen molar-refractivity contribution < 1.29 is 13.0 Å². The molecule has 0 aliphatic heterocycles. The van der Waals surface area contributed by atoms with E-state index in [0.29, 0.717) is 11.8 Å². The van der Waals surface area contributed by atoms with Crippen LogP contribution in [0, 0.1) is 0 Å². The second-order valence-electron chi connectivity index (χ2n) is 12.9. The molecule has 240 valence electrons. The lowest BCUT2D eigenvalue weighted by Gasteiger charge is -2.12. The second kappa shape index (κ2) is 23.1. The van der Waals surface area contributed by atoms with Crippen LogP contribution in [-0.2, 0) is 23.0 Å². The second-order valence-corrected chi connectivity index (χ2v) is 14.2. The summed E-state index contributed by atoms with van der Waals surface area (Å²) in [6.07, 6.45) is 33.2. The van der Waals surface area contributed by atoms with Gasteiger partial charge in [-0.15, -0.1) is 0 Å². The van der Waals surface area contributed by atoms with Gasteiger partial charge in [-0.25, -0.2) is 0 Å². The van der Waals surface area contributed by atoms with Gasteiger partial charge in [0.15, 0.2) is 0 Å². The molecule has 0 heterocycles.